The van der Waals surface area contributed by atoms with Crippen LogP contribution in [0.4, 0.5) is 15.8 Å². The van der Waals surface area contributed by atoms with Crippen LogP contribution in [0.2, 0.25) is 0 Å². The summed E-state index contributed by atoms with van der Waals surface area (Å²) in [7, 11) is 1.38. The molecule has 2 aliphatic rings. The molecule has 4 heterocycles. The summed E-state index contributed by atoms with van der Waals surface area (Å²) in [5.74, 6) is -0.523. The number of rotatable bonds is 11. The second kappa shape index (κ2) is 26.2. The SMILES string of the molecule is C.C.COC(=O)Cc1ccc(-c2ccc(N3CCOCC3)cc2)cn1.Cc1cccc(CNC(=O)Cc2ccc(-c3ccc(N4CCOCC4)cc3)cn2)c1.NCc1cccc(F)c1. The summed E-state index contributed by atoms with van der Waals surface area (Å²) in [6, 6.07) is 39.2. The number of nitrogens with one attached hydrogen (secondary N) is 1. The van der Waals surface area contributed by atoms with E-state index in [0.717, 1.165) is 91.7 Å². The zero-order valence-corrected chi connectivity index (χ0v) is 35.5. The third-order valence-corrected chi connectivity index (χ3v) is 10.4. The Labute approximate surface area is 378 Å². The van der Waals surface area contributed by atoms with E-state index in [1.807, 2.05) is 55.6 Å². The quantitative estimate of drug-likeness (QED) is 0.122. The maximum atomic E-state index is 12.3. The molecule has 6 aromatic rings. The summed E-state index contributed by atoms with van der Waals surface area (Å²) in [4.78, 5) is 37.0. The summed E-state index contributed by atoms with van der Waals surface area (Å²) in [6.07, 6.45) is 4.11. The Kier molecular flexibility index (Phi) is 20.6. The van der Waals surface area contributed by atoms with Gasteiger partial charge in [0.1, 0.15) is 5.82 Å². The predicted molar refractivity (Wildman–Crippen MR) is 256 cm³/mol. The number of carbonyl (C=O) groups is 2. The van der Waals surface area contributed by atoms with Gasteiger partial charge in [-0.2, -0.15) is 0 Å². The van der Waals surface area contributed by atoms with E-state index in [4.69, 9.17) is 15.2 Å². The Morgan fingerprint density at radius 3 is 1.58 bits per heavy atom. The number of ether oxygens (including phenoxy) is 3. The highest BCUT2D eigenvalue weighted by molar-refractivity contribution is 5.78. The summed E-state index contributed by atoms with van der Waals surface area (Å²) < 4.78 is 27.7. The van der Waals surface area contributed by atoms with Crippen molar-refractivity contribution in [2.24, 2.45) is 5.73 Å². The lowest BCUT2D eigenvalue weighted by Gasteiger charge is -2.28. The molecule has 0 atom stereocenters. The molecule has 0 bridgehead atoms. The van der Waals surface area contributed by atoms with Gasteiger partial charge >= 0.3 is 5.97 Å². The maximum absolute atomic E-state index is 12.3. The lowest BCUT2D eigenvalue weighted by Crippen LogP contribution is -2.36. The van der Waals surface area contributed by atoms with Crippen molar-refractivity contribution >= 4 is 23.3 Å². The van der Waals surface area contributed by atoms with Crippen molar-refractivity contribution in [3.8, 4) is 22.3 Å². The van der Waals surface area contributed by atoms with Gasteiger partial charge in [0.25, 0.3) is 0 Å². The topological polar surface area (TPSA) is 132 Å². The van der Waals surface area contributed by atoms with Crippen LogP contribution in [-0.4, -0.2) is 81.6 Å². The maximum Gasteiger partial charge on any atom is 0.311 e. The Morgan fingerprint density at radius 1 is 0.656 bits per heavy atom. The molecule has 12 heteroatoms. The molecule has 0 saturated carbocycles. The van der Waals surface area contributed by atoms with Crippen LogP contribution in [0, 0.1) is 12.7 Å². The molecule has 0 spiro atoms. The van der Waals surface area contributed by atoms with Crippen molar-refractivity contribution < 1.29 is 28.2 Å². The third kappa shape index (κ3) is 15.7. The van der Waals surface area contributed by atoms with E-state index in [2.05, 4.69) is 84.4 Å². The van der Waals surface area contributed by atoms with E-state index >= 15 is 0 Å². The monoisotopic (exact) mass is 870 g/mol. The zero-order chi connectivity index (χ0) is 43.5. The highest BCUT2D eigenvalue weighted by atomic mass is 19.1. The summed E-state index contributed by atoms with van der Waals surface area (Å²) in [5.41, 5.74) is 16.6. The number of esters is 1. The summed E-state index contributed by atoms with van der Waals surface area (Å²) >= 11 is 0. The minimum Gasteiger partial charge on any atom is -0.469 e. The minimum absolute atomic E-state index is 0. The van der Waals surface area contributed by atoms with Crippen LogP contribution in [0.25, 0.3) is 22.3 Å². The van der Waals surface area contributed by atoms with Gasteiger partial charge in [0.05, 0.1) is 52.1 Å². The molecule has 338 valence electrons. The molecule has 8 rings (SSSR count). The molecular weight excluding hydrogens is 808 g/mol. The van der Waals surface area contributed by atoms with Crippen LogP contribution in [0.1, 0.15) is 42.9 Å². The van der Waals surface area contributed by atoms with Crippen LogP contribution in [0.15, 0.2) is 134 Å². The Balaban J connectivity index is 0.000000234. The number of methoxy groups -OCH3 is 1. The van der Waals surface area contributed by atoms with Gasteiger partial charge in [-0.3, -0.25) is 19.6 Å². The molecule has 3 N–H and O–H groups in total. The number of halogens is 1. The average molecular weight is 871 g/mol. The number of anilines is 2. The molecule has 1 amide bonds. The number of carbonyl (C=O) groups excluding carboxylic acids is 2. The normalized spacial score (nSPS) is 13.1. The van der Waals surface area contributed by atoms with Gasteiger partial charge in [0.15, 0.2) is 0 Å². The second-order valence-corrected chi connectivity index (χ2v) is 14.9. The summed E-state index contributed by atoms with van der Waals surface area (Å²) in [6.45, 7) is 9.85. The lowest BCUT2D eigenvalue weighted by molar-refractivity contribution is -0.139. The first-order valence-corrected chi connectivity index (χ1v) is 20.9. The van der Waals surface area contributed by atoms with Gasteiger partial charge in [-0.25, -0.2) is 4.39 Å². The Bertz CT molecular complexity index is 2300. The van der Waals surface area contributed by atoms with Gasteiger partial charge in [-0.1, -0.05) is 93.2 Å². The summed E-state index contributed by atoms with van der Waals surface area (Å²) in [5, 5.41) is 2.97. The first-order chi connectivity index (χ1) is 30.3. The number of nitrogens with two attached hydrogens (primary N) is 1. The number of hydrogen-bond acceptors (Lipinski definition) is 10. The van der Waals surface area contributed by atoms with Crippen molar-refractivity contribution in [3.63, 3.8) is 0 Å². The van der Waals surface area contributed by atoms with Crippen LogP contribution < -0.4 is 20.9 Å². The first kappa shape index (κ1) is 50.2. The van der Waals surface area contributed by atoms with E-state index in [1.165, 1.54) is 36.2 Å². The van der Waals surface area contributed by atoms with E-state index < -0.39 is 0 Å². The van der Waals surface area contributed by atoms with E-state index in [1.54, 1.807) is 18.3 Å². The van der Waals surface area contributed by atoms with E-state index in [0.29, 0.717) is 18.8 Å². The van der Waals surface area contributed by atoms with E-state index in [-0.39, 0.29) is 45.4 Å². The smallest absolute Gasteiger partial charge is 0.311 e. The van der Waals surface area contributed by atoms with Gasteiger partial charge in [0, 0.05) is 79.9 Å². The molecule has 64 heavy (non-hydrogen) atoms. The average Bonchev–Trinajstić information content (AvgIpc) is 3.32. The lowest BCUT2D eigenvalue weighted by atomic mass is 10.1. The fourth-order valence-corrected chi connectivity index (χ4v) is 6.91. The van der Waals surface area contributed by atoms with Crippen LogP contribution in [0.5, 0.6) is 0 Å². The second-order valence-electron chi connectivity index (χ2n) is 14.9. The number of pyridine rings is 2. The fraction of sp³-hybridized carbons (Fsp3) is 0.308. The predicted octanol–water partition coefficient (Wildman–Crippen LogP) is 8.61. The van der Waals surface area contributed by atoms with Gasteiger partial charge in [-0.05, 0) is 77.7 Å². The van der Waals surface area contributed by atoms with Gasteiger partial charge < -0.3 is 35.1 Å². The Hall–Kier alpha value is -6.47. The van der Waals surface area contributed by atoms with Crippen LogP contribution in [-0.2, 0) is 49.7 Å². The zero-order valence-electron chi connectivity index (χ0n) is 35.5. The van der Waals surface area contributed by atoms with Gasteiger partial charge in [0.2, 0.25) is 5.91 Å². The van der Waals surface area contributed by atoms with Crippen LogP contribution in [0.3, 0.4) is 0 Å². The van der Waals surface area contributed by atoms with Gasteiger partial charge in [-0.15, -0.1) is 0 Å². The largest absolute Gasteiger partial charge is 0.469 e. The standard InChI is InChI=1S/C25H27N3O2.C18H20N2O3.C7H8FN.2CH4/c1-19-3-2-4-20(15-19)17-27-25(29)16-23-8-5-22(18-26-23)21-6-9-24(10-7-21)28-11-13-30-14-12-28;1-22-18(21)12-16-5-2-15(13-19-16)14-3-6-17(7-4-14)20-8-10-23-11-9-20;8-7-3-1-2-6(4-7)5-9;;/h2-10,15,18H,11-14,16-17H2,1H3,(H,27,29);2-7,13H,8-12H2,1H3;1-4H,5,9H2;2*1H4. The molecule has 11 nitrogen and oxygen atoms in total. The molecular formula is C52H63FN6O5. The number of aromatic nitrogens is 2. The highest BCUT2D eigenvalue weighted by Gasteiger charge is 2.13. The third-order valence-electron chi connectivity index (χ3n) is 10.4. The van der Waals surface area contributed by atoms with Crippen molar-refractivity contribution in [2.75, 3.05) is 69.5 Å². The number of aryl methyl sites for hydroxylation is 1. The van der Waals surface area contributed by atoms with Crippen LogP contribution >= 0.6 is 0 Å². The number of nitrogens with zero attached hydrogens (tertiary/aromatic N) is 4. The van der Waals surface area contributed by atoms with E-state index in [9.17, 15) is 14.0 Å². The molecule has 2 aliphatic heterocycles. The molecule has 0 radical (unpaired) electrons. The highest BCUT2D eigenvalue weighted by Crippen LogP contribution is 2.25. The minimum atomic E-state index is -0.278. The first-order valence-electron chi connectivity index (χ1n) is 20.9. The molecule has 0 unspecified atom stereocenters. The molecule has 2 aromatic heterocycles. The number of amides is 1. The molecule has 4 aromatic carbocycles. The fourth-order valence-electron chi connectivity index (χ4n) is 6.91. The Morgan fingerprint density at radius 2 is 1.14 bits per heavy atom. The number of morpholine rings is 2. The number of hydrogen-bond donors (Lipinski definition) is 2. The molecule has 2 saturated heterocycles. The van der Waals surface area contributed by atoms with Crippen molar-refractivity contribution in [3.05, 3.63) is 168 Å². The van der Waals surface area contributed by atoms with Crippen molar-refractivity contribution in [1.82, 2.24) is 15.3 Å². The molecule has 2 fully saturated rings. The number of benzene rings is 4. The van der Waals surface area contributed by atoms with Crippen molar-refractivity contribution in [1.29, 1.82) is 0 Å². The van der Waals surface area contributed by atoms with Crippen molar-refractivity contribution in [2.45, 2.75) is 47.7 Å². The molecule has 0 aliphatic carbocycles.